The molecule has 0 spiro atoms. The van der Waals surface area contributed by atoms with Gasteiger partial charge >= 0.3 is 17.4 Å². The smallest absolute Gasteiger partial charge is 0.328 e. The van der Waals surface area contributed by atoms with Crippen molar-refractivity contribution in [2.45, 2.75) is 30.2 Å². The molecule has 2 N–H and O–H groups in total. The fourth-order valence-corrected chi connectivity index (χ4v) is 3.47. The summed E-state index contributed by atoms with van der Waals surface area (Å²) in [6, 6.07) is 0. The standard InChI is InChI=1S/C11H19F7N2O5S2/c1-20(2,7-4-8-26(21,22)23)6-3-5-19-27(24,25)11(17,18)9(12,13)10(14,15)16/h19H,3-8H2,1-2H3/p+1. The summed E-state index contributed by atoms with van der Waals surface area (Å²) in [4.78, 5) is 0. The van der Waals surface area contributed by atoms with Crippen molar-refractivity contribution in [1.82, 2.24) is 4.72 Å². The molecule has 0 heterocycles. The normalized spacial score (nSPS) is 15.2. The molecule has 0 aromatic carbocycles. The van der Waals surface area contributed by atoms with E-state index in [9.17, 15) is 47.6 Å². The quantitative estimate of drug-likeness (QED) is 0.212. The molecule has 0 bridgehead atoms. The molecule has 7 nitrogen and oxygen atoms in total. The van der Waals surface area contributed by atoms with Crippen LogP contribution in [0.4, 0.5) is 30.7 Å². The zero-order valence-electron chi connectivity index (χ0n) is 14.2. The number of halogens is 7. The minimum Gasteiger partial charge on any atom is -0.328 e. The minimum absolute atomic E-state index is 0.0213. The Morgan fingerprint density at radius 3 is 1.74 bits per heavy atom. The van der Waals surface area contributed by atoms with Gasteiger partial charge in [0.25, 0.3) is 20.1 Å². The summed E-state index contributed by atoms with van der Waals surface area (Å²) in [6.45, 7) is -0.615. The van der Waals surface area contributed by atoms with Crippen LogP contribution in [0.25, 0.3) is 0 Å². The Morgan fingerprint density at radius 2 is 1.33 bits per heavy atom. The third kappa shape index (κ3) is 7.32. The van der Waals surface area contributed by atoms with Gasteiger partial charge in [-0.1, -0.05) is 0 Å². The molecule has 0 aliphatic carbocycles. The lowest BCUT2D eigenvalue weighted by atomic mass is 10.3. The van der Waals surface area contributed by atoms with Gasteiger partial charge in [-0.05, 0) is 0 Å². The van der Waals surface area contributed by atoms with E-state index in [4.69, 9.17) is 4.55 Å². The van der Waals surface area contributed by atoms with E-state index in [0.717, 1.165) is 4.72 Å². The molecule has 27 heavy (non-hydrogen) atoms. The third-order valence-electron chi connectivity index (χ3n) is 3.46. The molecule has 0 aromatic heterocycles. The second-order valence-corrected chi connectivity index (χ2v) is 9.74. The molecule has 16 heteroatoms. The van der Waals surface area contributed by atoms with Gasteiger partial charge in [-0.3, -0.25) is 4.55 Å². The van der Waals surface area contributed by atoms with Crippen LogP contribution in [0.2, 0.25) is 0 Å². The van der Waals surface area contributed by atoms with Crippen molar-refractivity contribution >= 4 is 20.1 Å². The second-order valence-electron chi connectivity index (χ2n) is 6.36. The molecule has 0 rings (SSSR count). The average molecular weight is 457 g/mol. The summed E-state index contributed by atoms with van der Waals surface area (Å²) in [6.07, 6.45) is -6.96. The van der Waals surface area contributed by atoms with Crippen LogP contribution < -0.4 is 4.72 Å². The summed E-state index contributed by atoms with van der Waals surface area (Å²) in [7, 11) is -7.42. The zero-order valence-corrected chi connectivity index (χ0v) is 15.9. The Bertz CT molecular complexity index is 705. The van der Waals surface area contributed by atoms with Crippen molar-refractivity contribution in [3.63, 3.8) is 0 Å². The summed E-state index contributed by atoms with van der Waals surface area (Å²) in [5, 5.41) is -6.40. The van der Waals surface area contributed by atoms with Crippen LogP contribution in [-0.4, -0.2) is 82.7 Å². The van der Waals surface area contributed by atoms with Gasteiger partial charge in [-0.2, -0.15) is 39.2 Å². The summed E-state index contributed by atoms with van der Waals surface area (Å²) in [5.41, 5.74) is 0. The Kier molecular flexibility index (Phi) is 8.12. The molecular weight excluding hydrogens is 437 g/mol. The van der Waals surface area contributed by atoms with E-state index in [1.165, 1.54) is 0 Å². The van der Waals surface area contributed by atoms with Gasteiger partial charge in [0.2, 0.25) is 0 Å². The van der Waals surface area contributed by atoms with E-state index in [-0.39, 0.29) is 30.4 Å². The van der Waals surface area contributed by atoms with Gasteiger partial charge in [-0.15, -0.1) is 0 Å². The number of rotatable bonds is 11. The van der Waals surface area contributed by atoms with Crippen LogP contribution in [-0.2, 0) is 20.1 Å². The zero-order chi connectivity index (χ0) is 21.9. The largest absolute Gasteiger partial charge is 0.461 e. The van der Waals surface area contributed by atoms with Crippen molar-refractivity contribution in [3.8, 4) is 0 Å². The van der Waals surface area contributed by atoms with Crippen molar-refractivity contribution in [2.75, 3.05) is 39.5 Å². The number of hydrogen-bond donors (Lipinski definition) is 2. The molecule has 0 aliphatic rings. The predicted octanol–water partition coefficient (Wildman–Crippen LogP) is 1.44. The van der Waals surface area contributed by atoms with Gasteiger partial charge in [0.15, 0.2) is 0 Å². The number of quaternary nitrogens is 1. The summed E-state index contributed by atoms with van der Waals surface area (Å²) in [5.74, 6) is -7.32. The van der Waals surface area contributed by atoms with E-state index in [1.54, 1.807) is 14.1 Å². The topological polar surface area (TPSA) is 101 Å². The second kappa shape index (κ2) is 8.34. The highest BCUT2D eigenvalue weighted by atomic mass is 32.2. The highest BCUT2D eigenvalue weighted by Crippen LogP contribution is 2.48. The lowest BCUT2D eigenvalue weighted by Gasteiger charge is -2.30. The maximum absolute atomic E-state index is 13.2. The molecule has 164 valence electrons. The average Bonchev–Trinajstić information content (AvgIpc) is 2.40. The highest BCUT2D eigenvalue weighted by Gasteiger charge is 2.78. The molecule has 0 unspecified atom stereocenters. The van der Waals surface area contributed by atoms with Gasteiger partial charge in [-0.25, -0.2) is 13.1 Å². The monoisotopic (exact) mass is 457 g/mol. The van der Waals surface area contributed by atoms with Gasteiger partial charge in [0.05, 0.1) is 32.9 Å². The van der Waals surface area contributed by atoms with Crippen molar-refractivity contribution in [3.05, 3.63) is 0 Å². The highest BCUT2D eigenvalue weighted by molar-refractivity contribution is 7.90. The molecule has 0 aliphatic heterocycles. The van der Waals surface area contributed by atoms with Gasteiger partial charge in [0.1, 0.15) is 0 Å². The number of nitrogens with one attached hydrogen (secondary N) is 1. The first-order valence-corrected chi connectivity index (χ1v) is 10.3. The molecule has 0 aromatic rings. The van der Waals surface area contributed by atoms with Crippen LogP contribution in [0.5, 0.6) is 0 Å². The molecule has 0 atom stereocenters. The van der Waals surface area contributed by atoms with Crippen LogP contribution in [0.3, 0.4) is 0 Å². The molecule has 0 fully saturated rings. The van der Waals surface area contributed by atoms with Crippen LogP contribution in [0, 0.1) is 0 Å². The minimum atomic E-state index is -6.78. The maximum Gasteiger partial charge on any atom is 0.461 e. The molecule has 0 saturated carbocycles. The van der Waals surface area contributed by atoms with Gasteiger partial charge < -0.3 is 4.48 Å². The lowest BCUT2D eigenvalue weighted by Crippen LogP contribution is -2.59. The number of nitrogens with zero attached hydrogens (tertiary/aromatic N) is 1. The van der Waals surface area contributed by atoms with E-state index < -0.39 is 49.8 Å². The first kappa shape index (κ1) is 26.3. The Balaban J connectivity index is 4.76. The Hall–Kier alpha value is -0.710. The molecule has 0 saturated heterocycles. The van der Waals surface area contributed by atoms with Crippen molar-refractivity contribution in [1.29, 1.82) is 0 Å². The Morgan fingerprint density at radius 1 is 0.889 bits per heavy atom. The van der Waals surface area contributed by atoms with Crippen LogP contribution in [0.15, 0.2) is 0 Å². The van der Waals surface area contributed by atoms with Crippen LogP contribution >= 0.6 is 0 Å². The van der Waals surface area contributed by atoms with E-state index >= 15 is 0 Å². The molecule has 0 radical (unpaired) electrons. The van der Waals surface area contributed by atoms with Gasteiger partial charge in [0, 0.05) is 19.4 Å². The van der Waals surface area contributed by atoms with E-state index in [2.05, 4.69) is 0 Å². The predicted molar refractivity (Wildman–Crippen MR) is 80.4 cm³/mol. The summed E-state index contributed by atoms with van der Waals surface area (Å²) >= 11 is 0. The summed E-state index contributed by atoms with van der Waals surface area (Å²) < 4.78 is 141. The van der Waals surface area contributed by atoms with E-state index in [1.807, 2.05) is 0 Å². The first-order chi connectivity index (χ1) is 11.7. The lowest BCUT2D eigenvalue weighted by molar-refractivity contribution is -0.890. The number of sulfonamides is 1. The maximum atomic E-state index is 13.2. The molecular formula is C11H20F7N2O5S2+. The SMILES string of the molecule is C[N+](C)(CCCNS(=O)(=O)C(F)(F)C(F)(F)C(F)(F)F)CCCS(=O)(=O)O. The number of alkyl halides is 7. The fourth-order valence-electron chi connectivity index (χ4n) is 1.92. The Labute approximate surface area is 151 Å². The third-order valence-corrected chi connectivity index (χ3v) is 5.78. The first-order valence-electron chi connectivity index (χ1n) is 7.25. The van der Waals surface area contributed by atoms with Crippen LogP contribution in [0.1, 0.15) is 12.8 Å². The molecule has 0 amide bonds. The van der Waals surface area contributed by atoms with Crippen molar-refractivity contribution in [2.24, 2.45) is 0 Å². The van der Waals surface area contributed by atoms with E-state index in [0.29, 0.717) is 0 Å². The van der Waals surface area contributed by atoms with Crippen molar-refractivity contribution < 1.29 is 56.6 Å². The fraction of sp³-hybridized carbons (Fsp3) is 1.00. The number of hydrogen-bond acceptors (Lipinski definition) is 4.